The second-order valence-electron chi connectivity index (χ2n) is 5.21. The minimum absolute atomic E-state index is 0.0990. The van der Waals surface area contributed by atoms with Crippen LogP contribution in [0.2, 0.25) is 5.02 Å². The van der Waals surface area contributed by atoms with Gasteiger partial charge in [0.15, 0.2) is 10.9 Å². The van der Waals surface area contributed by atoms with Crippen molar-refractivity contribution >= 4 is 46.6 Å². The Bertz CT molecular complexity index is 799. The van der Waals surface area contributed by atoms with Crippen LogP contribution < -0.4 is 10.2 Å². The lowest BCUT2D eigenvalue weighted by atomic mass is 10.2. The van der Waals surface area contributed by atoms with Gasteiger partial charge < -0.3 is 10.2 Å². The summed E-state index contributed by atoms with van der Waals surface area (Å²) >= 11 is 7.35. The van der Waals surface area contributed by atoms with Gasteiger partial charge in [0.2, 0.25) is 5.91 Å². The van der Waals surface area contributed by atoms with Crippen molar-refractivity contribution in [3.05, 3.63) is 41.2 Å². The highest BCUT2D eigenvalue weighted by Crippen LogP contribution is 2.25. The summed E-state index contributed by atoms with van der Waals surface area (Å²) in [7, 11) is 0. The average molecular weight is 363 g/mol. The van der Waals surface area contributed by atoms with E-state index in [0.717, 1.165) is 12.1 Å². The number of hydrogen-bond acceptors (Lipinski definition) is 5. The van der Waals surface area contributed by atoms with E-state index in [0.29, 0.717) is 23.8 Å². The summed E-state index contributed by atoms with van der Waals surface area (Å²) in [6.07, 6.45) is 4.64. The Balaban J connectivity index is 1.81. The van der Waals surface area contributed by atoms with E-state index in [2.05, 4.69) is 15.3 Å². The van der Waals surface area contributed by atoms with E-state index >= 15 is 0 Å². The lowest BCUT2D eigenvalue weighted by Gasteiger charge is -2.16. The number of thioether (sulfide) groups is 1. The lowest BCUT2D eigenvalue weighted by Crippen LogP contribution is -2.23. The van der Waals surface area contributed by atoms with Crippen molar-refractivity contribution in [1.82, 2.24) is 9.97 Å². The molecule has 0 spiro atoms. The first-order valence-corrected chi connectivity index (χ1v) is 8.97. The molecule has 0 saturated carbocycles. The number of nitrogens with zero attached hydrogens (tertiary/aromatic N) is 3. The standard InChI is InChI=1S/C16H15ClN4O2S/c1-24-16-18-9-12(17)14(20-16)15(23)19-10-4-2-5-11(8-10)21-7-3-6-13(21)22/h2,4-5,8-9H,3,6-7H2,1H3,(H,19,23). The molecule has 124 valence electrons. The zero-order chi connectivity index (χ0) is 17.1. The molecule has 0 radical (unpaired) electrons. The highest BCUT2D eigenvalue weighted by Gasteiger charge is 2.22. The molecule has 2 aromatic rings. The average Bonchev–Trinajstić information content (AvgIpc) is 3.01. The van der Waals surface area contributed by atoms with Crippen molar-refractivity contribution in [3.8, 4) is 0 Å². The molecular weight excluding hydrogens is 348 g/mol. The fourth-order valence-corrected chi connectivity index (χ4v) is 2.99. The predicted molar refractivity (Wildman–Crippen MR) is 94.8 cm³/mol. The third-order valence-electron chi connectivity index (χ3n) is 3.61. The van der Waals surface area contributed by atoms with Crippen molar-refractivity contribution < 1.29 is 9.59 Å². The molecule has 0 bridgehead atoms. The minimum atomic E-state index is -0.414. The molecule has 24 heavy (non-hydrogen) atoms. The molecule has 1 aromatic carbocycles. The van der Waals surface area contributed by atoms with Crippen LogP contribution in [0.5, 0.6) is 0 Å². The largest absolute Gasteiger partial charge is 0.321 e. The number of halogens is 1. The lowest BCUT2D eigenvalue weighted by molar-refractivity contribution is -0.117. The second kappa shape index (κ2) is 7.19. The molecule has 2 amide bonds. The summed E-state index contributed by atoms with van der Waals surface area (Å²) in [5.41, 5.74) is 1.48. The molecule has 1 aromatic heterocycles. The van der Waals surface area contributed by atoms with Crippen molar-refractivity contribution in [3.63, 3.8) is 0 Å². The summed E-state index contributed by atoms with van der Waals surface area (Å²) in [5, 5.41) is 3.43. The van der Waals surface area contributed by atoms with Crippen molar-refractivity contribution in [2.45, 2.75) is 18.0 Å². The van der Waals surface area contributed by atoms with Gasteiger partial charge in [-0.15, -0.1) is 0 Å². The Kier molecular flexibility index (Phi) is 5.01. The molecule has 8 heteroatoms. The van der Waals surface area contributed by atoms with E-state index in [1.54, 1.807) is 23.1 Å². The second-order valence-corrected chi connectivity index (χ2v) is 6.39. The van der Waals surface area contributed by atoms with Crippen LogP contribution in [-0.4, -0.2) is 34.6 Å². The first-order valence-electron chi connectivity index (χ1n) is 7.37. The maximum atomic E-state index is 12.4. The van der Waals surface area contributed by atoms with E-state index in [4.69, 9.17) is 11.6 Å². The number of anilines is 2. The van der Waals surface area contributed by atoms with Crippen LogP contribution in [0.4, 0.5) is 11.4 Å². The number of amides is 2. The number of rotatable bonds is 4. The molecule has 0 aliphatic carbocycles. The highest BCUT2D eigenvalue weighted by atomic mass is 35.5. The maximum Gasteiger partial charge on any atom is 0.275 e. The van der Waals surface area contributed by atoms with Gasteiger partial charge in [-0.05, 0) is 30.9 Å². The van der Waals surface area contributed by atoms with E-state index in [-0.39, 0.29) is 16.6 Å². The van der Waals surface area contributed by atoms with Crippen LogP contribution in [-0.2, 0) is 4.79 Å². The Labute approximate surface area is 148 Å². The molecule has 1 aliphatic rings. The summed E-state index contributed by atoms with van der Waals surface area (Å²) in [6, 6.07) is 7.17. The number of aromatic nitrogens is 2. The van der Waals surface area contributed by atoms with Gasteiger partial charge in [-0.25, -0.2) is 9.97 Å². The fraction of sp³-hybridized carbons (Fsp3) is 0.250. The Morgan fingerprint density at radius 2 is 2.25 bits per heavy atom. The van der Waals surface area contributed by atoms with Crippen LogP contribution in [0, 0.1) is 0 Å². The van der Waals surface area contributed by atoms with E-state index in [1.807, 2.05) is 12.3 Å². The minimum Gasteiger partial charge on any atom is -0.321 e. The molecule has 1 N–H and O–H groups in total. The smallest absolute Gasteiger partial charge is 0.275 e. The monoisotopic (exact) mass is 362 g/mol. The Hall–Kier alpha value is -2.12. The molecule has 1 saturated heterocycles. The zero-order valence-electron chi connectivity index (χ0n) is 13.0. The molecule has 0 atom stereocenters. The Morgan fingerprint density at radius 1 is 1.42 bits per heavy atom. The van der Waals surface area contributed by atoms with Gasteiger partial charge in [-0.3, -0.25) is 9.59 Å². The highest BCUT2D eigenvalue weighted by molar-refractivity contribution is 7.98. The number of carbonyl (C=O) groups is 2. The van der Waals surface area contributed by atoms with Crippen molar-refractivity contribution in [2.24, 2.45) is 0 Å². The van der Waals surface area contributed by atoms with Crippen molar-refractivity contribution in [1.29, 1.82) is 0 Å². The molecule has 3 rings (SSSR count). The maximum absolute atomic E-state index is 12.4. The van der Waals surface area contributed by atoms with Crippen LogP contribution in [0.25, 0.3) is 0 Å². The van der Waals surface area contributed by atoms with Crippen LogP contribution in [0.3, 0.4) is 0 Å². The van der Waals surface area contributed by atoms with Gasteiger partial charge in [-0.1, -0.05) is 29.4 Å². The molecule has 2 heterocycles. The molecule has 0 unspecified atom stereocenters. The van der Waals surface area contributed by atoms with E-state index in [9.17, 15) is 9.59 Å². The van der Waals surface area contributed by atoms with Crippen LogP contribution in [0.1, 0.15) is 23.3 Å². The third kappa shape index (κ3) is 3.52. The zero-order valence-corrected chi connectivity index (χ0v) is 14.5. The Morgan fingerprint density at radius 3 is 2.96 bits per heavy atom. The van der Waals surface area contributed by atoms with Gasteiger partial charge in [-0.2, -0.15) is 0 Å². The summed E-state index contributed by atoms with van der Waals surface area (Å²) in [4.78, 5) is 34.2. The number of benzene rings is 1. The molecule has 6 nitrogen and oxygen atoms in total. The summed E-state index contributed by atoms with van der Waals surface area (Å²) in [5.74, 6) is -0.315. The third-order valence-corrected chi connectivity index (χ3v) is 4.45. The van der Waals surface area contributed by atoms with Gasteiger partial charge in [0.05, 0.1) is 11.2 Å². The summed E-state index contributed by atoms with van der Waals surface area (Å²) < 4.78 is 0. The van der Waals surface area contributed by atoms with Crippen molar-refractivity contribution in [2.75, 3.05) is 23.0 Å². The number of nitrogens with one attached hydrogen (secondary N) is 1. The van der Waals surface area contributed by atoms with Gasteiger partial charge in [0, 0.05) is 24.3 Å². The molecular formula is C16H15ClN4O2S. The summed E-state index contributed by atoms with van der Waals surface area (Å²) in [6.45, 7) is 0.699. The van der Waals surface area contributed by atoms with Gasteiger partial charge in [0.1, 0.15) is 0 Å². The number of hydrogen-bond donors (Lipinski definition) is 1. The normalized spacial score (nSPS) is 14.1. The molecule has 1 aliphatic heterocycles. The van der Waals surface area contributed by atoms with Gasteiger partial charge >= 0.3 is 0 Å². The fourth-order valence-electron chi connectivity index (χ4n) is 2.47. The van der Waals surface area contributed by atoms with E-state index < -0.39 is 5.91 Å². The predicted octanol–water partition coefficient (Wildman–Crippen LogP) is 3.23. The first kappa shape index (κ1) is 16.7. The first-order chi connectivity index (χ1) is 11.6. The SMILES string of the molecule is CSc1ncc(Cl)c(C(=O)Nc2cccc(N3CCCC3=O)c2)n1. The van der Waals surface area contributed by atoms with Crippen LogP contribution in [0.15, 0.2) is 35.6 Å². The topological polar surface area (TPSA) is 75.2 Å². The number of carbonyl (C=O) groups excluding carboxylic acids is 2. The molecule has 1 fully saturated rings. The van der Waals surface area contributed by atoms with Gasteiger partial charge in [0.25, 0.3) is 5.91 Å². The van der Waals surface area contributed by atoms with Crippen LogP contribution >= 0.6 is 23.4 Å². The quantitative estimate of drug-likeness (QED) is 0.667. The van der Waals surface area contributed by atoms with E-state index in [1.165, 1.54) is 18.0 Å².